The third-order valence-electron chi connectivity index (χ3n) is 4.86. The molecule has 0 bridgehead atoms. The van der Waals surface area contributed by atoms with E-state index in [1.807, 2.05) is 6.92 Å². The van der Waals surface area contributed by atoms with Gasteiger partial charge in [-0.1, -0.05) is 49.7 Å². The van der Waals surface area contributed by atoms with E-state index in [2.05, 4.69) is 0 Å². The zero-order chi connectivity index (χ0) is 20.3. The van der Waals surface area contributed by atoms with Crippen molar-refractivity contribution in [2.45, 2.75) is 25.8 Å². The van der Waals surface area contributed by atoms with Crippen molar-refractivity contribution in [3.05, 3.63) is 65.2 Å². The molecular weight excluding hydrogens is 358 g/mol. The summed E-state index contributed by atoms with van der Waals surface area (Å²) in [5, 5.41) is 20.8. The summed E-state index contributed by atoms with van der Waals surface area (Å²) in [6.45, 7) is 2.39. The second-order valence-electron chi connectivity index (χ2n) is 6.64. The standard InChI is InChI=1S/C22H23NO5/c1-3-4-12-23-19(15-10-11-16(24)17(13-15)28-2)18(21(26)22(23)27)20(25)14-8-6-5-7-9-14/h5-11,13,19,24-25H,3-4,12H2,1-2H3/b20-18+/t19-/m1/s1. The fourth-order valence-corrected chi connectivity index (χ4v) is 3.40. The highest BCUT2D eigenvalue weighted by atomic mass is 16.5. The predicted molar refractivity (Wildman–Crippen MR) is 105 cm³/mol. The Kier molecular flexibility index (Phi) is 5.68. The number of carbonyl (C=O) groups is 2. The number of unbranched alkanes of at least 4 members (excludes halogenated alkanes) is 1. The first-order chi connectivity index (χ1) is 13.5. The lowest BCUT2D eigenvalue weighted by Gasteiger charge is -2.25. The number of aliphatic hydroxyl groups is 1. The number of phenolic OH excluding ortho intramolecular Hbond substituents is 1. The summed E-state index contributed by atoms with van der Waals surface area (Å²) < 4.78 is 5.18. The minimum atomic E-state index is -0.749. The van der Waals surface area contributed by atoms with E-state index in [1.165, 1.54) is 18.1 Å². The highest BCUT2D eigenvalue weighted by molar-refractivity contribution is 6.46. The van der Waals surface area contributed by atoms with E-state index in [4.69, 9.17) is 4.74 Å². The normalized spacial score (nSPS) is 18.5. The molecule has 1 heterocycles. The van der Waals surface area contributed by atoms with Crippen molar-refractivity contribution in [1.29, 1.82) is 0 Å². The minimum absolute atomic E-state index is 0.0417. The average molecular weight is 381 g/mol. The summed E-state index contributed by atoms with van der Waals surface area (Å²) in [6.07, 6.45) is 1.58. The molecule has 0 saturated carbocycles. The molecule has 28 heavy (non-hydrogen) atoms. The second-order valence-corrected chi connectivity index (χ2v) is 6.64. The van der Waals surface area contributed by atoms with Gasteiger partial charge in [-0.2, -0.15) is 0 Å². The molecule has 1 saturated heterocycles. The topological polar surface area (TPSA) is 87.1 Å². The molecule has 2 N–H and O–H groups in total. The van der Waals surface area contributed by atoms with E-state index < -0.39 is 17.7 Å². The second kappa shape index (κ2) is 8.17. The molecule has 0 unspecified atom stereocenters. The molecule has 0 spiro atoms. The van der Waals surface area contributed by atoms with Gasteiger partial charge in [-0.3, -0.25) is 9.59 Å². The number of hydrogen-bond donors (Lipinski definition) is 2. The maximum Gasteiger partial charge on any atom is 0.295 e. The number of hydrogen-bond acceptors (Lipinski definition) is 5. The summed E-state index contributed by atoms with van der Waals surface area (Å²) >= 11 is 0. The Balaban J connectivity index is 2.18. The summed E-state index contributed by atoms with van der Waals surface area (Å²) in [6, 6.07) is 12.6. The molecule has 1 amide bonds. The highest BCUT2D eigenvalue weighted by Gasteiger charge is 2.45. The molecule has 6 nitrogen and oxygen atoms in total. The zero-order valence-electron chi connectivity index (χ0n) is 15.9. The van der Waals surface area contributed by atoms with Crippen molar-refractivity contribution >= 4 is 17.4 Å². The van der Waals surface area contributed by atoms with Crippen LogP contribution in [0.4, 0.5) is 0 Å². The molecule has 2 aromatic rings. The van der Waals surface area contributed by atoms with Crippen LogP contribution in [0.15, 0.2) is 54.1 Å². The summed E-state index contributed by atoms with van der Waals surface area (Å²) in [4.78, 5) is 27.0. The maximum atomic E-state index is 12.8. The molecule has 1 aliphatic heterocycles. The van der Waals surface area contributed by atoms with Gasteiger partial charge in [0.1, 0.15) is 5.76 Å². The van der Waals surface area contributed by atoms with Gasteiger partial charge in [-0.25, -0.2) is 0 Å². The molecule has 0 aromatic heterocycles. The molecule has 0 aliphatic carbocycles. The van der Waals surface area contributed by atoms with E-state index in [0.717, 1.165) is 12.8 Å². The van der Waals surface area contributed by atoms with Crippen LogP contribution < -0.4 is 4.74 Å². The third kappa shape index (κ3) is 3.45. The van der Waals surface area contributed by atoms with Gasteiger partial charge >= 0.3 is 0 Å². The number of aliphatic hydroxyl groups excluding tert-OH is 1. The van der Waals surface area contributed by atoms with Crippen molar-refractivity contribution < 1.29 is 24.5 Å². The van der Waals surface area contributed by atoms with Crippen LogP contribution in [0.2, 0.25) is 0 Å². The fraction of sp³-hybridized carbons (Fsp3) is 0.273. The van der Waals surface area contributed by atoms with Gasteiger partial charge < -0.3 is 19.8 Å². The van der Waals surface area contributed by atoms with Crippen molar-refractivity contribution in [1.82, 2.24) is 4.90 Å². The quantitative estimate of drug-likeness (QED) is 0.453. The Morgan fingerprint density at radius 2 is 1.86 bits per heavy atom. The van der Waals surface area contributed by atoms with Crippen LogP contribution in [-0.2, 0) is 9.59 Å². The van der Waals surface area contributed by atoms with Gasteiger partial charge in [-0.05, 0) is 24.1 Å². The Morgan fingerprint density at radius 1 is 1.14 bits per heavy atom. The first-order valence-corrected chi connectivity index (χ1v) is 9.20. The maximum absolute atomic E-state index is 12.8. The Labute approximate surface area is 163 Å². The smallest absolute Gasteiger partial charge is 0.295 e. The van der Waals surface area contributed by atoms with Crippen molar-refractivity contribution in [3.63, 3.8) is 0 Å². The number of ether oxygens (including phenoxy) is 1. The van der Waals surface area contributed by atoms with Gasteiger partial charge in [0.05, 0.1) is 18.7 Å². The van der Waals surface area contributed by atoms with E-state index in [9.17, 15) is 19.8 Å². The lowest BCUT2D eigenvalue weighted by molar-refractivity contribution is -0.139. The SMILES string of the molecule is CCCCN1C(=O)C(=O)/C(=C(/O)c2ccccc2)[C@H]1c1ccc(O)c(OC)c1. The average Bonchev–Trinajstić information content (AvgIpc) is 2.97. The number of carbonyl (C=O) groups excluding carboxylic acids is 2. The summed E-state index contributed by atoms with van der Waals surface area (Å²) in [5.41, 5.74) is 1.09. The molecule has 1 aliphatic rings. The number of rotatable bonds is 6. The van der Waals surface area contributed by atoms with Crippen molar-refractivity contribution in [2.75, 3.05) is 13.7 Å². The van der Waals surface area contributed by atoms with E-state index in [0.29, 0.717) is 17.7 Å². The molecule has 6 heteroatoms. The first-order valence-electron chi connectivity index (χ1n) is 9.20. The number of aromatic hydroxyl groups is 1. The summed E-state index contributed by atoms with van der Waals surface area (Å²) in [5.74, 6) is -1.37. The third-order valence-corrected chi connectivity index (χ3v) is 4.86. The number of nitrogens with zero attached hydrogens (tertiary/aromatic N) is 1. The van der Waals surface area contributed by atoms with Gasteiger partial charge in [-0.15, -0.1) is 0 Å². The van der Waals surface area contributed by atoms with Crippen molar-refractivity contribution in [3.8, 4) is 11.5 Å². The Hall–Kier alpha value is -3.28. The largest absolute Gasteiger partial charge is 0.507 e. The van der Waals surface area contributed by atoms with Crippen LogP contribution >= 0.6 is 0 Å². The van der Waals surface area contributed by atoms with Crippen LogP contribution in [0.5, 0.6) is 11.5 Å². The number of likely N-dealkylation sites (tertiary alicyclic amines) is 1. The molecule has 1 atom stereocenters. The minimum Gasteiger partial charge on any atom is -0.507 e. The van der Waals surface area contributed by atoms with Crippen LogP contribution in [-0.4, -0.2) is 40.5 Å². The number of amides is 1. The van der Waals surface area contributed by atoms with Crippen LogP contribution in [0.1, 0.15) is 36.9 Å². The molecular formula is C22H23NO5. The molecule has 1 fully saturated rings. The Morgan fingerprint density at radius 3 is 2.50 bits per heavy atom. The molecule has 3 rings (SSSR count). The Bertz CT molecular complexity index is 920. The fourth-order valence-electron chi connectivity index (χ4n) is 3.40. The van der Waals surface area contributed by atoms with Crippen LogP contribution in [0.25, 0.3) is 5.76 Å². The first kappa shape index (κ1) is 19.5. The van der Waals surface area contributed by atoms with Gasteiger partial charge in [0.25, 0.3) is 11.7 Å². The number of Topliss-reactive ketones (excluding diaryl/α,β-unsaturated/α-hetero) is 1. The number of benzene rings is 2. The van der Waals surface area contributed by atoms with Crippen LogP contribution in [0.3, 0.4) is 0 Å². The van der Waals surface area contributed by atoms with E-state index in [1.54, 1.807) is 42.5 Å². The summed E-state index contributed by atoms with van der Waals surface area (Å²) in [7, 11) is 1.43. The number of phenols is 1. The van der Waals surface area contributed by atoms with E-state index >= 15 is 0 Å². The van der Waals surface area contributed by atoms with Crippen molar-refractivity contribution in [2.24, 2.45) is 0 Å². The number of methoxy groups -OCH3 is 1. The molecule has 146 valence electrons. The lowest BCUT2D eigenvalue weighted by atomic mass is 9.95. The number of ketones is 1. The predicted octanol–water partition coefficient (Wildman–Crippen LogP) is 3.62. The zero-order valence-corrected chi connectivity index (χ0v) is 15.9. The van der Waals surface area contributed by atoms with E-state index in [-0.39, 0.29) is 22.8 Å². The molecule has 2 aromatic carbocycles. The molecule has 0 radical (unpaired) electrons. The lowest BCUT2D eigenvalue weighted by Crippen LogP contribution is -2.30. The van der Waals surface area contributed by atoms with Crippen LogP contribution in [0, 0.1) is 0 Å². The van der Waals surface area contributed by atoms with Gasteiger partial charge in [0, 0.05) is 12.1 Å². The highest BCUT2D eigenvalue weighted by Crippen LogP contribution is 2.41. The van der Waals surface area contributed by atoms with Gasteiger partial charge in [0.2, 0.25) is 0 Å². The van der Waals surface area contributed by atoms with Gasteiger partial charge in [0.15, 0.2) is 11.5 Å². The monoisotopic (exact) mass is 381 g/mol.